The second-order valence-corrected chi connectivity index (χ2v) is 11.4. The maximum Gasteiger partial charge on any atom is 0.259 e. The van der Waals surface area contributed by atoms with Crippen molar-refractivity contribution >= 4 is 82.4 Å². The van der Waals surface area contributed by atoms with Crippen LogP contribution in [0.15, 0.2) is 26.8 Å². The van der Waals surface area contributed by atoms with Gasteiger partial charge >= 0.3 is 0 Å². The highest BCUT2D eigenvalue weighted by molar-refractivity contribution is 8.43. The monoisotopic (exact) mass is 408 g/mol. The molecule has 4 nitrogen and oxygen atoms in total. The third-order valence-corrected chi connectivity index (χ3v) is 11.6. The molecule has 3 aliphatic rings. The van der Waals surface area contributed by atoms with Crippen LogP contribution in [0.4, 0.5) is 0 Å². The molecule has 22 heavy (non-hydrogen) atoms. The molecule has 0 saturated heterocycles. The molecule has 2 N–H and O–H groups in total. The minimum atomic E-state index is -0.207. The lowest BCUT2D eigenvalue weighted by molar-refractivity contribution is -0.118. The van der Waals surface area contributed by atoms with Crippen LogP contribution in [0.25, 0.3) is 0 Å². The van der Waals surface area contributed by atoms with Crippen molar-refractivity contribution in [2.24, 2.45) is 0 Å². The normalized spacial score (nSPS) is 21.4. The van der Waals surface area contributed by atoms with Gasteiger partial charge in [-0.25, -0.2) is 0 Å². The van der Waals surface area contributed by atoms with Gasteiger partial charge < -0.3 is 10.6 Å². The van der Waals surface area contributed by atoms with E-state index in [4.69, 9.17) is 0 Å². The molecule has 2 amide bonds. The standard InChI is InChI=1S/C12H12N2O2S6/c1-13-7(15)5-6(8(16)14-2)20-11(19-5)12-21-9-10(22-12)18-4-3-17-9/h3-4H2,1-2H3,(H,13,15)(H,14,16). The van der Waals surface area contributed by atoms with Crippen LogP contribution in [0.3, 0.4) is 0 Å². The Hall–Kier alpha value is 0.260. The van der Waals surface area contributed by atoms with Crippen LogP contribution < -0.4 is 10.6 Å². The van der Waals surface area contributed by atoms with Crippen LogP contribution in [0.2, 0.25) is 0 Å². The van der Waals surface area contributed by atoms with Crippen LogP contribution in [0.1, 0.15) is 0 Å². The first-order valence-corrected chi connectivity index (χ1v) is 11.5. The molecule has 0 radical (unpaired) electrons. The Balaban J connectivity index is 1.84. The fourth-order valence-corrected chi connectivity index (χ4v) is 10.5. The smallest absolute Gasteiger partial charge is 0.259 e. The van der Waals surface area contributed by atoms with Gasteiger partial charge in [-0.05, 0) is 0 Å². The van der Waals surface area contributed by atoms with E-state index in [0.29, 0.717) is 9.81 Å². The summed E-state index contributed by atoms with van der Waals surface area (Å²) in [6.45, 7) is 0. The van der Waals surface area contributed by atoms with Gasteiger partial charge in [0.05, 0.1) is 26.8 Å². The summed E-state index contributed by atoms with van der Waals surface area (Å²) in [6.07, 6.45) is 0. The van der Waals surface area contributed by atoms with E-state index in [2.05, 4.69) is 10.6 Å². The fourth-order valence-electron chi connectivity index (χ4n) is 1.71. The number of thioether (sulfide) groups is 6. The average molecular weight is 409 g/mol. The molecule has 0 saturated carbocycles. The van der Waals surface area contributed by atoms with E-state index in [-0.39, 0.29) is 11.8 Å². The molecule has 0 fully saturated rings. The van der Waals surface area contributed by atoms with Gasteiger partial charge in [0.15, 0.2) is 0 Å². The maximum atomic E-state index is 12.0. The number of nitrogens with one attached hydrogen (secondary N) is 2. The summed E-state index contributed by atoms with van der Waals surface area (Å²) in [5, 5.41) is 5.22. The largest absolute Gasteiger partial charge is 0.355 e. The molecule has 0 aromatic rings. The Kier molecular flexibility index (Phi) is 5.78. The van der Waals surface area contributed by atoms with Crippen LogP contribution in [0, 0.1) is 0 Å². The predicted molar refractivity (Wildman–Crippen MR) is 104 cm³/mol. The number of hydrogen-bond donors (Lipinski definition) is 2. The van der Waals surface area contributed by atoms with E-state index in [0.717, 1.165) is 15.7 Å². The second kappa shape index (κ2) is 7.43. The molecule has 0 unspecified atom stereocenters. The van der Waals surface area contributed by atoms with Crippen LogP contribution in [-0.2, 0) is 9.59 Å². The summed E-state index contributed by atoms with van der Waals surface area (Å²) >= 11 is 10.1. The van der Waals surface area contributed by atoms with Crippen molar-refractivity contribution in [3.05, 3.63) is 26.8 Å². The molecule has 0 spiro atoms. The van der Waals surface area contributed by atoms with Crippen LogP contribution in [-0.4, -0.2) is 37.4 Å². The lowest BCUT2D eigenvalue weighted by Gasteiger charge is -2.08. The van der Waals surface area contributed by atoms with Gasteiger partial charge in [0.25, 0.3) is 11.8 Å². The van der Waals surface area contributed by atoms with Crippen molar-refractivity contribution < 1.29 is 9.59 Å². The molecule has 0 bridgehead atoms. The zero-order chi connectivity index (χ0) is 15.7. The number of likely N-dealkylation sites (N-methyl/N-ethyl adjacent to an activating group) is 2. The van der Waals surface area contributed by atoms with Gasteiger partial charge in [0.1, 0.15) is 0 Å². The van der Waals surface area contributed by atoms with Gasteiger partial charge in [0.2, 0.25) is 0 Å². The highest BCUT2D eigenvalue weighted by atomic mass is 32.3. The lowest BCUT2D eigenvalue weighted by Crippen LogP contribution is -2.23. The van der Waals surface area contributed by atoms with Gasteiger partial charge in [-0.1, -0.05) is 47.0 Å². The SMILES string of the molecule is CNC(=O)C1=C(C(=O)NC)SC(=C2SC3=C(SCCS3)S2)S1. The van der Waals surface area contributed by atoms with Crippen LogP contribution >= 0.6 is 70.6 Å². The lowest BCUT2D eigenvalue weighted by atomic mass is 10.4. The predicted octanol–water partition coefficient (Wildman–Crippen LogP) is 3.38. The first-order chi connectivity index (χ1) is 10.6. The first kappa shape index (κ1) is 17.1. The number of amides is 2. The van der Waals surface area contributed by atoms with Crippen molar-refractivity contribution in [1.82, 2.24) is 10.6 Å². The van der Waals surface area contributed by atoms with E-state index in [9.17, 15) is 9.59 Å². The molecule has 3 heterocycles. The summed E-state index contributed by atoms with van der Waals surface area (Å²) in [4.78, 5) is 25.0. The molecule has 0 aliphatic carbocycles. The highest BCUT2D eigenvalue weighted by Gasteiger charge is 2.35. The number of carbonyl (C=O) groups is 2. The molecule has 3 aliphatic heterocycles. The van der Waals surface area contributed by atoms with Crippen molar-refractivity contribution in [2.45, 2.75) is 0 Å². The quantitative estimate of drug-likeness (QED) is 0.721. The van der Waals surface area contributed by atoms with Crippen molar-refractivity contribution in [3.8, 4) is 0 Å². The Morgan fingerprint density at radius 2 is 1.14 bits per heavy atom. The third-order valence-electron chi connectivity index (χ3n) is 2.72. The van der Waals surface area contributed by atoms with E-state index in [1.165, 1.54) is 36.2 Å². The fraction of sp³-hybridized carbons (Fsp3) is 0.333. The van der Waals surface area contributed by atoms with Crippen molar-refractivity contribution in [3.63, 3.8) is 0 Å². The number of rotatable bonds is 2. The Morgan fingerprint density at radius 3 is 1.55 bits per heavy atom. The van der Waals surface area contributed by atoms with Crippen molar-refractivity contribution in [1.29, 1.82) is 0 Å². The van der Waals surface area contributed by atoms with Gasteiger partial charge in [-0.3, -0.25) is 9.59 Å². The molecule has 0 aromatic heterocycles. The second-order valence-electron chi connectivity index (χ2n) is 4.07. The molecular weight excluding hydrogens is 397 g/mol. The first-order valence-electron chi connectivity index (χ1n) is 6.28. The zero-order valence-corrected chi connectivity index (χ0v) is 16.6. The minimum Gasteiger partial charge on any atom is -0.355 e. The molecule has 0 atom stereocenters. The topological polar surface area (TPSA) is 58.2 Å². The zero-order valence-electron chi connectivity index (χ0n) is 11.7. The summed E-state index contributed by atoms with van der Waals surface area (Å²) in [5.41, 5.74) is 0. The summed E-state index contributed by atoms with van der Waals surface area (Å²) < 4.78 is 4.93. The number of hydrogen-bond acceptors (Lipinski definition) is 8. The summed E-state index contributed by atoms with van der Waals surface area (Å²) in [5.74, 6) is 1.87. The molecular formula is C12H12N2O2S6. The third kappa shape index (κ3) is 3.36. The van der Waals surface area contributed by atoms with E-state index < -0.39 is 0 Å². The average Bonchev–Trinajstić information content (AvgIpc) is 3.17. The van der Waals surface area contributed by atoms with E-state index in [1.807, 2.05) is 23.5 Å². The van der Waals surface area contributed by atoms with Crippen molar-refractivity contribution in [2.75, 3.05) is 25.6 Å². The van der Waals surface area contributed by atoms with Gasteiger partial charge in [0, 0.05) is 25.6 Å². The van der Waals surface area contributed by atoms with Gasteiger partial charge in [-0.2, -0.15) is 0 Å². The highest BCUT2D eigenvalue weighted by Crippen LogP contribution is 2.64. The van der Waals surface area contributed by atoms with Crippen LogP contribution in [0.5, 0.6) is 0 Å². The van der Waals surface area contributed by atoms with Gasteiger partial charge in [-0.15, -0.1) is 23.5 Å². The number of carbonyl (C=O) groups excluding carboxylic acids is 2. The molecule has 3 rings (SSSR count). The van der Waals surface area contributed by atoms with E-state index >= 15 is 0 Å². The summed E-state index contributed by atoms with van der Waals surface area (Å²) in [6, 6.07) is 0. The van der Waals surface area contributed by atoms with E-state index in [1.54, 1.807) is 37.6 Å². The summed E-state index contributed by atoms with van der Waals surface area (Å²) in [7, 11) is 3.17. The molecule has 10 heteroatoms. The Morgan fingerprint density at radius 1 is 0.727 bits per heavy atom. The molecule has 118 valence electrons. The molecule has 0 aromatic carbocycles. The Bertz CT molecular complexity index is 590. The Labute approximate surface area is 154 Å². The minimum absolute atomic E-state index is 0.207. The maximum absolute atomic E-state index is 12.0.